The van der Waals surface area contributed by atoms with Crippen molar-refractivity contribution in [2.75, 3.05) is 32.8 Å². The summed E-state index contributed by atoms with van der Waals surface area (Å²) in [6.07, 6.45) is 2.36. The van der Waals surface area contributed by atoms with Gasteiger partial charge in [-0.3, -0.25) is 0 Å². The Labute approximate surface area is 132 Å². The van der Waals surface area contributed by atoms with Crippen LogP contribution in [0.5, 0.6) is 0 Å². The van der Waals surface area contributed by atoms with E-state index in [1.54, 1.807) is 4.90 Å². The first-order chi connectivity index (χ1) is 10.2. The van der Waals surface area contributed by atoms with Gasteiger partial charge >= 0.3 is 6.09 Å². The smallest absolute Gasteiger partial charge is 0.410 e. The van der Waals surface area contributed by atoms with Gasteiger partial charge < -0.3 is 25.2 Å². The van der Waals surface area contributed by atoms with E-state index in [9.17, 15) is 15.0 Å². The number of rotatable bonds is 2. The number of nitrogens with zero attached hydrogens (tertiary/aromatic N) is 1. The Kier molecular flexibility index (Phi) is 5.04. The SMILES string of the molecule is CC(C)(C)OC(=O)N1CCCC(CO)(C2(O)CCNCC2)C1. The van der Waals surface area contributed by atoms with Gasteiger partial charge in [0.1, 0.15) is 5.60 Å². The molecule has 6 nitrogen and oxygen atoms in total. The molecule has 0 bridgehead atoms. The number of carbonyl (C=O) groups is 1. The van der Waals surface area contributed by atoms with E-state index in [0.29, 0.717) is 25.9 Å². The lowest BCUT2D eigenvalue weighted by Gasteiger charge is -2.52. The van der Waals surface area contributed by atoms with Gasteiger partial charge in [0, 0.05) is 18.5 Å². The lowest BCUT2D eigenvalue weighted by Crippen LogP contribution is -2.63. The second-order valence-electron chi connectivity index (χ2n) is 7.73. The standard InChI is InChI=1S/C16H30N2O4/c1-14(2,3)22-13(20)18-10-4-5-15(11-18,12-19)16(21)6-8-17-9-7-16/h17,19,21H,4-12H2,1-3H3. The highest BCUT2D eigenvalue weighted by Crippen LogP contribution is 2.44. The number of carbonyl (C=O) groups excluding carboxylic acids is 1. The fourth-order valence-corrected chi connectivity index (χ4v) is 3.64. The summed E-state index contributed by atoms with van der Waals surface area (Å²) < 4.78 is 5.45. The number of piperidine rings is 2. The predicted octanol–water partition coefficient (Wildman–Crippen LogP) is 1.11. The molecule has 1 atom stereocenters. The van der Waals surface area contributed by atoms with Crippen molar-refractivity contribution < 1.29 is 19.7 Å². The van der Waals surface area contributed by atoms with Crippen LogP contribution in [0.1, 0.15) is 46.5 Å². The van der Waals surface area contributed by atoms with E-state index >= 15 is 0 Å². The Morgan fingerprint density at radius 1 is 1.27 bits per heavy atom. The van der Waals surface area contributed by atoms with Crippen LogP contribution in [-0.4, -0.2) is 65.2 Å². The van der Waals surface area contributed by atoms with E-state index in [4.69, 9.17) is 4.74 Å². The number of aliphatic hydroxyl groups excluding tert-OH is 1. The van der Waals surface area contributed by atoms with E-state index < -0.39 is 16.6 Å². The summed E-state index contributed by atoms with van der Waals surface area (Å²) in [5.41, 5.74) is -2.11. The maximum atomic E-state index is 12.3. The first-order valence-corrected chi connectivity index (χ1v) is 8.23. The molecule has 0 aromatic carbocycles. The van der Waals surface area contributed by atoms with Crippen LogP contribution in [0.25, 0.3) is 0 Å². The summed E-state index contributed by atoms with van der Waals surface area (Å²) in [5.74, 6) is 0. The number of amides is 1. The highest BCUT2D eigenvalue weighted by atomic mass is 16.6. The number of aliphatic hydroxyl groups is 2. The molecule has 0 aliphatic carbocycles. The Morgan fingerprint density at radius 3 is 2.45 bits per heavy atom. The molecule has 3 N–H and O–H groups in total. The first-order valence-electron chi connectivity index (χ1n) is 8.23. The van der Waals surface area contributed by atoms with E-state index in [1.807, 2.05) is 20.8 Å². The topological polar surface area (TPSA) is 82.0 Å². The highest BCUT2D eigenvalue weighted by molar-refractivity contribution is 5.68. The molecule has 0 aromatic rings. The molecule has 0 spiro atoms. The summed E-state index contributed by atoms with van der Waals surface area (Å²) in [6, 6.07) is 0. The number of nitrogens with one attached hydrogen (secondary N) is 1. The minimum absolute atomic E-state index is 0.108. The first kappa shape index (κ1) is 17.5. The molecule has 6 heteroatoms. The monoisotopic (exact) mass is 314 g/mol. The molecule has 2 heterocycles. The predicted molar refractivity (Wildman–Crippen MR) is 83.6 cm³/mol. The van der Waals surface area contributed by atoms with E-state index in [2.05, 4.69) is 5.32 Å². The summed E-state index contributed by atoms with van der Waals surface area (Å²) in [5, 5.41) is 24.4. The molecule has 2 aliphatic heterocycles. The molecular formula is C16H30N2O4. The van der Waals surface area contributed by atoms with Crippen molar-refractivity contribution in [1.82, 2.24) is 10.2 Å². The van der Waals surface area contributed by atoms with Crippen molar-refractivity contribution in [2.24, 2.45) is 5.41 Å². The van der Waals surface area contributed by atoms with Gasteiger partial charge in [-0.05, 0) is 59.5 Å². The maximum Gasteiger partial charge on any atom is 0.410 e. The summed E-state index contributed by atoms with van der Waals surface area (Å²) in [6.45, 7) is 7.87. The van der Waals surface area contributed by atoms with Crippen LogP contribution in [0.15, 0.2) is 0 Å². The Hall–Kier alpha value is -0.850. The Balaban J connectivity index is 2.14. The van der Waals surface area contributed by atoms with Crippen LogP contribution in [-0.2, 0) is 4.74 Å². The second kappa shape index (κ2) is 6.34. The zero-order valence-electron chi connectivity index (χ0n) is 14.0. The van der Waals surface area contributed by atoms with Crippen molar-refractivity contribution in [2.45, 2.75) is 57.7 Å². The third-order valence-corrected chi connectivity index (χ3v) is 4.95. The highest BCUT2D eigenvalue weighted by Gasteiger charge is 2.53. The number of likely N-dealkylation sites (tertiary alicyclic amines) is 1. The van der Waals surface area contributed by atoms with E-state index in [-0.39, 0.29) is 12.7 Å². The van der Waals surface area contributed by atoms with Gasteiger partial charge in [0.2, 0.25) is 0 Å². The van der Waals surface area contributed by atoms with Crippen molar-refractivity contribution >= 4 is 6.09 Å². The summed E-state index contributed by atoms with van der Waals surface area (Å²) in [7, 11) is 0. The van der Waals surface area contributed by atoms with Gasteiger partial charge in [-0.2, -0.15) is 0 Å². The maximum absolute atomic E-state index is 12.3. The van der Waals surface area contributed by atoms with Crippen molar-refractivity contribution in [1.29, 1.82) is 0 Å². The second-order valence-corrected chi connectivity index (χ2v) is 7.73. The van der Waals surface area contributed by atoms with Gasteiger partial charge in [0.15, 0.2) is 0 Å². The molecule has 1 unspecified atom stereocenters. The van der Waals surface area contributed by atoms with Gasteiger partial charge in [0.05, 0.1) is 12.2 Å². The molecule has 0 radical (unpaired) electrons. The average molecular weight is 314 g/mol. The van der Waals surface area contributed by atoms with Gasteiger partial charge in [0.25, 0.3) is 0 Å². The molecule has 2 fully saturated rings. The third-order valence-electron chi connectivity index (χ3n) is 4.95. The molecule has 128 valence electrons. The number of ether oxygens (including phenoxy) is 1. The van der Waals surface area contributed by atoms with Crippen LogP contribution in [0.3, 0.4) is 0 Å². The van der Waals surface area contributed by atoms with Crippen molar-refractivity contribution in [3.05, 3.63) is 0 Å². The van der Waals surface area contributed by atoms with Crippen LogP contribution >= 0.6 is 0 Å². The third kappa shape index (κ3) is 3.55. The molecular weight excluding hydrogens is 284 g/mol. The minimum atomic E-state index is -0.923. The molecule has 0 saturated carbocycles. The van der Waals surface area contributed by atoms with E-state index in [1.165, 1.54) is 0 Å². The van der Waals surface area contributed by atoms with Crippen LogP contribution in [0.4, 0.5) is 4.79 Å². The lowest BCUT2D eigenvalue weighted by molar-refractivity contribution is -0.151. The van der Waals surface area contributed by atoms with Crippen LogP contribution in [0.2, 0.25) is 0 Å². The van der Waals surface area contributed by atoms with Gasteiger partial charge in [-0.15, -0.1) is 0 Å². The molecule has 0 aromatic heterocycles. The Morgan fingerprint density at radius 2 is 1.91 bits per heavy atom. The fourth-order valence-electron chi connectivity index (χ4n) is 3.64. The zero-order chi connectivity index (χ0) is 16.4. The number of hydrogen-bond acceptors (Lipinski definition) is 5. The average Bonchev–Trinajstić information content (AvgIpc) is 2.46. The van der Waals surface area contributed by atoms with Gasteiger partial charge in [-0.25, -0.2) is 4.79 Å². The molecule has 2 aliphatic rings. The summed E-state index contributed by atoms with van der Waals surface area (Å²) >= 11 is 0. The molecule has 1 amide bonds. The van der Waals surface area contributed by atoms with Crippen molar-refractivity contribution in [3.8, 4) is 0 Å². The number of hydrogen-bond donors (Lipinski definition) is 3. The van der Waals surface area contributed by atoms with E-state index in [0.717, 1.165) is 25.9 Å². The summed E-state index contributed by atoms with van der Waals surface area (Å²) in [4.78, 5) is 14.0. The molecule has 22 heavy (non-hydrogen) atoms. The molecule has 2 saturated heterocycles. The normalized spacial score (nSPS) is 29.2. The quantitative estimate of drug-likeness (QED) is 0.711. The lowest BCUT2D eigenvalue weighted by atomic mass is 9.63. The fraction of sp³-hybridized carbons (Fsp3) is 0.938. The Bertz CT molecular complexity index is 401. The van der Waals surface area contributed by atoms with Crippen molar-refractivity contribution in [3.63, 3.8) is 0 Å². The van der Waals surface area contributed by atoms with Gasteiger partial charge in [-0.1, -0.05) is 0 Å². The largest absolute Gasteiger partial charge is 0.444 e. The van der Waals surface area contributed by atoms with Crippen LogP contribution < -0.4 is 5.32 Å². The minimum Gasteiger partial charge on any atom is -0.444 e. The molecule has 2 rings (SSSR count). The zero-order valence-corrected chi connectivity index (χ0v) is 14.0. The van der Waals surface area contributed by atoms with Crippen LogP contribution in [0, 0.1) is 5.41 Å².